The van der Waals surface area contributed by atoms with Gasteiger partial charge in [0.2, 0.25) is 5.91 Å². The molecule has 0 radical (unpaired) electrons. The van der Waals surface area contributed by atoms with Crippen LogP contribution in [-0.2, 0) is 11.3 Å². The Morgan fingerprint density at radius 1 is 1.15 bits per heavy atom. The van der Waals surface area contributed by atoms with Gasteiger partial charge in [-0.2, -0.15) is 0 Å². The lowest BCUT2D eigenvalue weighted by Gasteiger charge is -2.26. The molecule has 0 atom stereocenters. The van der Waals surface area contributed by atoms with Crippen molar-refractivity contribution < 1.29 is 14.0 Å². The molecule has 0 unspecified atom stereocenters. The zero-order chi connectivity index (χ0) is 19.0. The van der Waals surface area contributed by atoms with Gasteiger partial charge in [-0.25, -0.2) is 0 Å². The highest BCUT2D eigenvalue weighted by Gasteiger charge is 2.40. The Bertz CT molecular complexity index is 836. The number of benzene rings is 1. The molecule has 1 heterocycles. The van der Waals surface area contributed by atoms with Gasteiger partial charge >= 0.3 is 0 Å². The molecule has 0 bridgehead atoms. The van der Waals surface area contributed by atoms with E-state index in [4.69, 9.17) is 4.42 Å². The number of carbonyl (C=O) groups excluding carboxylic acids is 2. The molecule has 1 aromatic heterocycles. The number of nitrogens with one attached hydrogen (secondary N) is 1. The van der Waals surface area contributed by atoms with Crippen molar-refractivity contribution >= 4 is 23.2 Å². The molecule has 6 nitrogen and oxygen atoms in total. The highest BCUT2D eigenvalue weighted by atomic mass is 16.3. The smallest absolute Gasteiger partial charge is 0.291 e. The van der Waals surface area contributed by atoms with E-state index in [1.807, 2.05) is 42.1 Å². The van der Waals surface area contributed by atoms with Crippen LogP contribution in [0.15, 0.2) is 41.0 Å². The van der Waals surface area contributed by atoms with Crippen LogP contribution in [0.5, 0.6) is 0 Å². The van der Waals surface area contributed by atoms with Crippen LogP contribution in [0.25, 0.3) is 0 Å². The van der Waals surface area contributed by atoms with E-state index in [1.165, 1.54) is 6.26 Å². The molecule has 6 heteroatoms. The summed E-state index contributed by atoms with van der Waals surface area (Å²) >= 11 is 0. The van der Waals surface area contributed by atoms with Gasteiger partial charge in [0, 0.05) is 44.0 Å². The summed E-state index contributed by atoms with van der Waals surface area (Å²) in [6.45, 7) is 0.581. The predicted octanol–water partition coefficient (Wildman–Crippen LogP) is 3.50. The normalized spacial score (nSPS) is 16.1. The van der Waals surface area contributed by atoms with Crippen molar-refractivity contribution in [2.75, 3.05) is 24.3 Å². The van der Waals surface area contributed by atoms with Gasteiger partial charge in [0.15, 0.2) is 5.76 Å². The molecule has 2 fully saturated rings. The summed E-state index contributed by atoms with van der Waals surface area (Å²) < 4.78 is 5.16. The van der Waals surface area contributed by atoms with Crippen molar-refractivity contribution in [3.05, 3.63) is 47.9 Å². The van der Waals surface area contributed by atoms with E-state index in [0.29, 0.717) is 18.3 Å². The summed E-state index contributed by atoms with van der Waals surface area (Å²) in [6.07, 6.45) is 5.69. The Balaban J connectivity index is 1.57. The van der Waals surface area contributed by atoms with E-state index in [1.54, 1.807) is 12.1 Å². The molecule has 0 saturated heterocycles. The number of amides is 2. The van der Waals surface area contributed by atoms with E-state index in [9.17, 15) is 9.59 Å². The van der Waals surface area contributed by atoms with E-state index >= 15 is 0 Å². The lowest BCUT2D eigenvalue weighted by Crippen LogP contribution is -2.34. The van der Waals surface area contributed by atoms with E-state index in [-0.39, 0.29) is 23.5 Å². The molecule has 4 rings (SSSR count). The molecule has 2 amide bonds. The molecule has 0 spiro atoms. The number of furan rings is 1. The summed E-state index contributed by atoms with van der Waals surface area (Å²) in [5.74, 6) is 0.496. The zero-order valence-electron chi connectivity index (χ0n) is 15.8. The molecule has 2 aliphatic carbocycles. The first kappa shape index (κ1) is 17.6. The lowest BCUT2D eigenvalue weighted by molar-refractivity contribution is -0.133. The van der Waals surface area contributed by atoms with Crippen molar-refractivity contribution in [1.82, 2.24) is 4.90 Å². The quantitative estimate of drug-likeness (QED) is 0.813. The minimum atomic E-state index is -0.281. The van der Waals surface area contributed by atoms with Gasteiger partial charge in [-0.3, -0.25) is 9.59 Å². The number of rotatable bonds is 7. The summed E-state index contributed by atoms with van der Waals surface area (Å²) in [5.41, 5.74) is 2.80. The standard InChI is InChI=1S/C21H25N3O3/c1-23(2)18-10-7-16(22-20(25)19-4-3-11-27-19)12-15(18)13-24(17-8-9-17)21(26)14-5-6-14/h3-4,7,10-12,14,17H,5-6,8-9,13H2,1-2H3,(H,22,25). The lowest BCUT2D eigenvalue weighted by atomic mass is 10.1. The van der Waals surface area contributed by atoms with Gasteiger partial charge in [-0.1, -0.05) is 0 Å². The van der Waals surface area contributed by atoms with Crippen LogP contribution < -0.4 is 10.2 Å². The maximum Gasteiger partial charge on any atom is 0.291 e. The molecule has 2 aliphatic rings. The second-order valence-electron chi connectivity index (χ2n) is 7.64. The van der Waals surface area contributed by atoms with Crippen LogP contribution >= 0.6 is 0 Å². The topological polar surface area (TPSA) is 65.8 Å². The number of nitrogens with zero attached hydrogens (tertiary/aromatic N) is 2. The van der Waals surface area contributed by atoms with Gasteiger partial charge in [-0.15, -0.1) is 0 Å². The molecular weight excluding hydrogens is 342 g/mol. The minimum absolute atomic E-state index is 0.218. The minimum Gasteiger partial charge on any atom is -0.459 e. The predicted molar refractivity (Wildman–Crippen MR) is 104 cm³/mol. The first-order valence-corrected chi connectivity index (χ1v) is 9.48. The Hall–Kier alpha value is -2.76. The average Bonchev–Trinajstić information content (AvgIpc) is 3.57. The first-order valence-electron chi connectivity index (χ1n) is 9.48. The molecule has 27 heavy (non-hydrogen) atoms. The number of anilines is 2. The molecule has 0 aliphatic heterocycles. The third kappa shape index (κ3) is 3.99. The Labute approximate surface area is 159 Å². The van der Waals surface area contributed by atoms with Crippen LogP contribution in [0, 0.1) is 5.92 Å². The van der Waals surface area contributed by atoms with E-state index in [0.717, 1.165) is 36.9 Å². The second kappa shape index (κ2) is 7.10. The third-order valence-corrected chi connectivity index (χ3v) is 5.10. The monoisotopic (exact) mass is 367 g/mol. The van der Waals surface area contributed by atoms with Crippen molar-refractivity contribution in [1.29, 1.82) is 0 Å². The van der Waals surface area contributed by atoms with Crippen LogP contribution in [0.4, 0.5) is 11.4 Å². The fraction of sp³-hybridized carbons (Fsp3) is 0.429. The second-order valence-corrected chi connectivity index (χ2v) is 7.64. The highest BCUT2D eigenvalue weighted by molar-refractivity contribution is 6.02. The third-order valence-electron chi connectivity index (χ3n) is 5.10. The van der Waals surface area contributed by atoms with Gasteiger partial charge in [0.1, 0.15) is 0 Å². The van der Waals surface area contributed by atoms with Crippen LogP contribution in [-0.4, -0.2) is 36.9 Å². The van der Waals surface area contributed by atoms with Crippen molar-refractivity contribution in [2.45, 2.75) is 38.3 Å². The molecule has 142 valence electrons. The number of hydrogen-bond acceptors (Lipinski definition) is 4. The highest BCUT2D eigenvalue weighted by Crippen LogP contribution is 2.38. The maximum atomic E-state index is 12.7. The SMILES string of the molecule is CN(C)c1ccc(NC(=O)c2ccco2)cc1CN(C(=O)C1CC1)C1CC1. The summed E-state index contributed by atoms with van der Waals surface area (Å²) in [5, 5.41) is 2.88. The summed E-state index contributed by atoms with van der Waals surface area (Å²) in [4.78, 5) is 29.1. The van der Waals surface area contributed by atoms with Gasteiger partial charge < -0.3 is 19.5 Å². The van der Waals surface area contributed by atoms with Crippen molar-refractivity contribution in [3.8, 4) is 0 Å². The van der Waals surface area contributed by atoms with Crippen LogP contribution in [0.1, 0.15) is 41.8 Å². The summed E-state index contributed by atoms with van der Waals surface area (Å²) in [7, 11) is 3.98. The molecule has 2 aromatic rings. The Kier molecular flexibility index (Phi) is 4.64. The molecular formula is C21H25N3O3. The van der Waals surface area contributed by atoms with E-state index in [2.05, 4.69) is 5.32 Å². The van der Waals surface area contributed by atoms with Gasteiger partial charge in [0.05, 0.1) is 6.26 Å². The molecule has 1 N–H and O–H groups in total. The number of carbonyl (C=O) groups is 2. The molecule has 1 aromatic carbocycles. The number of hydrogen-bond donors (Lipinski definition) is 1. The maximum absolute atomic E-state index is 12.7. The summed E-state index contributed by atoms with van der Waals surface area (Å²) in [6, 6.07) is 9.52. The van der Waals surface area contributed by atoms with E-state index < -0.39 is 0 Å². The Morgan fingerprint density at radius 2 is 1.93 bits per heavy atom. The largest absolute Gasteiger partial charge is 0.459 e. The van der Waals surface area contributed by atoms with Crippen molar-refractivity contribution in [2.24, 2.45) is 5.92 Å². The van der Waals surface area contributed by atoms with Crippen molar-refractivity contribution in [3.63, 3.8) is 0 Å². The molecule has 2 saturated carbocycles. The first-order chi connectivity index (χ1) is 13.0. The Morgan fingerprint density at radius 3 is 2.52 bits per heavy atom. The average molecular weight is 367 g/mol. The van der Waals surface area contributed by atoms with Crippen LogP contribution in [0.2, 0.25) is 0 Å². The zero-order valence-corrected chi connectivity index (χ0v) is 15.8. The van der Waals surface area contributed by atoms with Crippen LogP contribution in [0.3, 0.4) is 0 Å². The fourth-order valence-electron chi connectivity index (χ4n) is 3.35. The van der Waals surface area contributed by atoms with Gasteiger partial charge in [-0.05, 0) is 61.6 Å². The van der Waals surface area contributed by atoms with Gasteiger partial charge in [0.25, 0.3) is 5.91 Å². The fourth-order valence-corrected chi connectivity index (χ4v) is 3.35.